The van der Waals surface area contributed by atoms with E-state index < -0.39 is 0 Å². The van der Waals surface area contributed by atoms with Crippen LogP contribution in [0.15, 0.2) is 24.3 Å². The monoisotopic (exact) mass is 313 g/mol. The van der Waals surface area contributed by atoms with Crippen molar-refractivity contribution in [2.45, 2.75) is 12.8 Å². The Morgan fingerprint density at radius 2 is 1.90 bits per heavy atom. The molecule has 120 valence electrons. The lowest BCUT2D eigenvalue weighted by Crippen LogP contribution is -2.37. The van der Waals surface area contributed by atoms with Crippen LogP contribution in [0, 0.1) is 0 Å². The molecule has 0 fully saturated rings. The molecule has 0 spiro atoms. The topological polar surface area (TPSA) is 32.7 Å². The third kappa shape index (κ3) is 7.60. The minimum atomic E-state index is 0.774. The van der Waals surface area contributed by atoms with Gasteiger partial charge in [-0.1, -0.05) is 6.07 Å². The molecule has 21 heavy (non-hydrogen) atoms. The van der Waals surface area contributed by atoms with E-state index in [-0.39, 0.29) is 0 Å². The molecule has 0 saturated heterocycles. The predicted octanol–water partition coefficient (Wildman–Crippen LogP) is 3.19. The fourth-order valence-corrected chi connectivity index (χ4v) is 2.49. The largest absolute Gasteiger partial charge is 0.497 e. The number of ether oxygens (including phenoxy) is 1. The highest BCUT2D eigenvalue weighted by molar-refractivity contribution is 7.93. The summed E-state index contributed by atoms with van der Waals surface area (Å²) >= 11 is 0.920. The zero-order valence-electron chi connectivity index (χ0n) is 13.7. The Kier molecular flexibility index (Phi) is 7.93. The molecule has 0 bridgehead atoms. The van der Waals surface area contributed by atoms with Crippen LogP contribution >= 0.6 is 12.0 Å². The van der Waals surface area contributed by atoms with Crippen molar-refractivity contribution < 1.29 is 13.8 Å². The fraction of sp³-hybridized carbons (Fsp3) is 0.625. The Morgan fingerprint density at radius 3 is 2.52 bits per heavy atom. The van der Waals surface area contributed by atoms with Gasteiger partial charge in [-0.15, -0.1) is 0 Å². The molecule has 0 aliphatic heterocycles. The second kappa shape index (κ2) is 9.18. The molecule has 0 aliphatic carbocycles. The highest BCUT2D eigenvalue weighted by Crippen LogP contribution is 2.21. The molecule has 0 unspecified atom stereocenters. The lowest BCUT2D eigenvalue weighted by molar-refractivity contribution is -0.870. The Bertz CT molecular complexity index is 408. The number of methoxy groups -OCH3 is 1. The van der Waals surface area contributed by atoms with Gasteiger partial charge in [0.2, 0.25) is 0 Å². The minimum Gasteiger partial charge on any atom is -0.497 e. The van der Waals surface area contributed by atoms with E-state index in [0.29, 0.717) is 0 Å². The molecule has 1 aromatic carbocycles. The summed E-state index contributed by atoms with van der Waals surface area (Å²) in [5.74, 6) is 1.66. The van der Waals surface area contributed by atoms with Gasteiger partial charge in [-0.2, -0.15) is 0 Å². The maximum Gasteiger partial charge on any atom is 0.120 e. The first-order chi connectivity index (χ1) is 9.96. The molecule has 1 N–H and O–H groups in total. The number of hydrogen-bond donors (Lipinski definition) is 1. The number of hydrogen-bond acceptors (Lipinski definition) is 4. The summed E-state index contributed by atoms with van der Waals surface area (Å²) in [5.41, 5.74) is 1.19. The van der Waals surface area contributed by atoms with E-state index in [2.05, 4.69) is 38.2 Å². The highest BCUT2D eigenvalue weighted by atomic mass is 32.2. The van der Waals surface area contributed by atoms with Gasteiger partial charge in [0.1, 0.15) is 5.75 Å². The lowest BCUT2D eigenvalue weighted by atomic mass is 10.2. The second-order valence-corrected chi connectivity index (χ2v) is 6.91. The smallest absolute Gasteiger partial charge is 0.120 e. The van der Waals surface area contributed by atoms with Gasteiger partial charge >= 0.3 is 0 Å². The van der Waals surface area contributed by atoms with Crippen molar-refractivity contribution >= 4 is 17.7 Å². The molecular weight excluding hydrogens is 284 g/mol. The van der Waals surface area contributed by atoms with E-state index in [9.17, 15) is 0 Å². The van der Waals surface area contributed by atoms with Crippen LogP contribution in [0.4, 0.5) is 5.69 Å². The van der Waals surface area contributed by atoms with Crippen molar-refractivity contribution in [1.82, 2.24) is 0 Å². The van der Waals surface area contributed by atoms with Crippen molar-refractivity contribution in [3.05, 3.63) is 24.3 Å². The quantitative estimate of drug-likeness (QED) is 0.408. The van der Waals surface area contributed by atoms with E-state index >= 15 is 0 Å². The second-order valence-electron chi connectivity index (χ2n) is 6.24. The van der Waals surface area contributed by atoms with Crippen LogP contribution in [0.25, 0.3) is 0 Å². The third-order valence-electron chi connectivity index (χ3n) is 3.34. The highest BCUT2D eigenvalue weighted by Gasteiger charge is 2.11. The average Bonchev–Trinajstić information content (AvgIpc) is 2.44. The maximum absolute atomic E-state index is 8.89. The Hall–Kier alpha value is -0.910. The summed E-state index contributed by atoms with van der Waals surface area (Å²) in [6.45, 7) is 3.13. The van der Waals surface area contributed by atoms with Crippen molar-refractivity contribution in [2.75, 3.05) is 58.5 Å². The molecule has 1 rings (SSSR count). The average molecular weight is 313 g/mol. The summed E-state index contributed by atoms with van der Waals surface area (Å²) in [4.78, 5) is 2.38. The molecule has 0 aromatic heterocycles. The zero-order valence-corrected chi connectivity index (χ0v) is 14.5. The van der Waals surface area contributed by atoms with E-state index in [1.165, 1.54) is 5.69 Å². The van der Waals surface area contributed by atoms with Crippen LogP contribution in [0.1, 0.15) is 12.8 Å². The van der Waals surface area contributed by atoms with Gasteiger partial charge in [0.25, 0.3) is 0 Å². The van der Waals surface area contributed by atoms with Gasteiger partial charge in [-0.3, -0.25) is 0 Å². The van der Waals surface area contributed by atoms with Crippen LogP contribution in [0.3, 0.4) is 0 Å². The van der Waals surface area contributed by atoms with Crippen LogP contribution in [-0.2, 0) is 0 Å². The van der Waals surface area contributed by atoms with Crippen molar-refractivity contribution in [1.29, 1.82) is 0 Å². The standard InChI is InChI=1S/C16H28N2O2S/c1-18(2,3)12-6-10-17(11-7-13-21-19)15-8-5-9-16(14-15)20-4/h5,8-9,14H,6-7,10-13H2,1-4H3/p+1. The molecule has 0 saturated carbocycles. The van der Waals surface area contributed by atoms with Crippen LogP contribution in [-0.4, -0.2) is 62.7 Å². The molecule has 0 radical (unpaired) electrons. The summed E-state index contributed by atoms with van der Waals surface area (Å²) < 4.78 is 15.2. The van der Waals surface area contributed by atoms with Crippen LogP contribution < -0.4 is 9.64 Å². The van der Waals surface area contributed by atoms with E-state index in [1.807, 2.05) is 12.1 Å². The molecule has 4 nitrogen and oxygen atoms in total. The Labute approximate surface area is 133 Å². The molecule has 5 heteroatoms. The predicted molar refractivity (Wildman–Crippen MR) is 92.4 cm³/mol. The molecule has 1 aromatic rings. The summed E-state index contributed by atoms with van der Waals surface area (Å²) in [6.07, 6.45) is 2.12. The third-order valence-corrected chi connectivity index (χ3v) is 3.81. The van der Waals surface area contributed by atoms with Gasteiger partial charge in [0.15, 0.2) is 0 Å². The molecule has 0 aliphatic rings. The minimum absolute atomic E-state index is 0.774. The Balaban J connectivity index is 2.66. The molecule has 0 amide bonds. The van der Waals surface area contributed by atoms with E-state index in [4.69, 9.17) is 9.29 Å². The first kappa shape index (κ1) is 18.1. The molecule has 0 atom stereocenters. The number of quaternary nitrogens is 1. The van der Waals surface area contributed by atoms with Crippen LogP contribution in [0.2, 0.25) is 0 Å². The maximum atomic E-state index is 8.89. The van der Waals surface area contributed by atoms with Gasteiger partial charge in [-0.25, -0.2) is 0 Å². The normalized spacial score (nSPS) is 11.5. The number of nitrogens with zero attached hydrogens (tertiary/aromatic N) is 2. The van der Waals surface area contributed by atoms with Gasteiger partial charge in [-0.05, 0) is 30.6 Å². The first-order valence-corrected chi connectivity index (χ1v) is 8.36. The number of anilines is 1. The number of rotatable bonds is 10. The Morgan fingerprint density at radius 1 is 1.19 bits per heavy atom. The summed E-state index contributed by atoms with van der Waals surface area (Å²) in [5, 5.41) is 0. The van der Waals surface area contributed by atoms with Crippen molar-refractivity contribution in [2.24, 2.45) is 0 Å². The molecular formula is C16H29N2O2S+. The zero-order chi connectivity index (χ0) is 15.7. The van der Waals surface area contributed by atoms with Gasteiger partial charge in [0.05, 0.1) is 34.8 Å². The van der Waals surface area contributed by atoms with E-state index in [1.54, 1.807) is 7.11 Å². The van der Waals surface area contributed by atoms with E-state index in [0.717, 1.165) is 60.5 Å². The SMILES string of the molecule is COc1cccc(N(CCCSO)CCC[N+](C)(C)C)c1. The molecule has 0 heterocycles. The first-order valence-electron chi connectivity index (χ1n) is 7.42. The van der Waals surface area contributed by atoms with Crippen LogP contribution in [0.5, 0.6) is 5.75 Å². The lowest BCUT2D eigenvalue weighted by Gasteiger charge is -2.28. The van der Waals surface area contributed by atoms with Crippen molar-refractivity contribution in [3.8, 4) is 5.75 Å². The summed E-state index contributed by atoms with van der Waals surface area (Å²) in [7, 11) is 8.36. The fourth-order valence-electron chi connectivity index (χ4n) is 2.23. The van der Waals surface area contributed by atoms with Gasteiger partial charge in [0, 0.05) is 37.0 Å². The number of benzene rings is 1. The van der Waals surface area contributed by atoms with Gasteiger partial charge < -0.3 is 18.7 Å². The summed E-state index contributed by atoms with van der Waals surface area (Å²) in [6, 6.07) is 8.21. The van der Waals surface area contributed by atoms with Crippen molar-refractivity contribution in [3.63, 3.8) is 0 Å².